The first-order valence-electron chi connectivity index (χ1n) is 7.53. The van der Waals surface area contributed by atoms with Crippen molar-refractivity contribution in [2.75, 3.05) is 0 Å². The summed E-state index contributed by atoms with van der Waals surface area (Å²) in [6, 6.07) is 22.7. The quantitative estimate of drug-likeness (QED) is 0.530. The maximum absolute atomic E-state index is 2.35. The molecule has 0 saturated heterocycles. The fourth-order valence-electron chi connectivity index (χ4n) is 4.45. The summed E-state index contributed by atoms with van der Waals surface area (Å²) >= 11 is 0. The van der Waals surface area contributed by atoms with Gasteiger partial charge in [-0.15, -0.1) is 0 Å². The summed E-state index contributed by atoms with van der Waals surface area (Å²) in [6.07, 6.45) is 2.51. The SMILES string of the molecule is c1ccc2c(c1)CC[C@H]1c3cccc4cccc(c34)[C@@H]21. The fourth-order valence-corrected chi connectivity index (χ4v) is 4.45. The average Bonchev–Trinajstić information content (AvgIpc) is 2.85. The zero-order valence-electron chi connectivity index (χ0n) is 11.3. The van der Waals surface area contributed by atoms with Crippen LogP contribution < -0.4 is 0 Å². The van der Waals surface area contributed by atoms with Gasteiger partial charge in [0.2, 0.25) is 0 Å². The van der Waals surface area contributed by atoms with Gasteiger partial charge in [-0.25, -0.2) is 0 Å². The van der Waals surface area contributed by atoms with Gasteiger partial charge < -0.3 is 0 Å². The molecule has 0 heterocycles. The molecule has 20 heavy (non-hydrogen) atoms. The highest BCUT2D eigenvalue weighted by atomic mass is 14.4. The minimum absolute atomic E-state index is 0.584. The lowest BCUT2D eigenvalue weighted by Gasteiger charge is -2.29. The second kappa shape index (κ2) is 3.73. The van der Waals surface area contributed by atoms with E-state index in [4.69, 9.17) is 0 Å². The molecule has 5 rings (SSSR count). The predicted octanol–water partition coefficient (Wildman–Crippen LogP) is 5.02. The lowest BCUT2D eigenvalue weighted by molar-refractivity contribution is 0.544. The molecule has 0 fully saturated rings. The van der Waals surface area contributed by atoms with E-state index < -0.39 is 0 Å². The summed E-state index contributed by atoms with van der Waals surface area (Å²) in [5, 5.41) is 2.94. The Balaban J connectivity index is 1.87. The average molecular weight is 256 g/mol. The van der Waals surface area contributed by atoms with Crippen LogP contribution in [0.15, 0.2) is 60.7 Å². The number of benzene rings is 3. The maximum atomic E-state index is 2.35. The molecule has 0 unspecified atom stereocenters. The number of fused-ring (bicyclic) bond motifs is 5. The third-order valence-corrected chi connectivity index (χ3v) is 5.22. The highest BCUT2D eigenvalue weighted by molar-refractivity contribution is 5.93. The summed E-state index contributed by atoms with van der Waals surface area (Å²) in [4.78, 5) is 0. The van der Waals surface area contributed by atoms with Crippen molar-refractivity contribution in [1.82, 2.24) is 0 Å². The first kappa shape index (κ1) is 10.7. The van der Waals surface area contributed by atoms with Crippen molar-refractivity contribution in [2.45, 2.75) is 24.7 Å². The van der Waals surface area contributed by atoms with Crippen molar-refractivity contribution >= 4 is 10.8 Å². The molecule has 2 atom stereocenters. The minimum atomic E-state index is 0.584. The Morgan fingerprint density at radius 2 is 1.45 bits per heavy atom. The van der Waals surface area contributed by atoms with Crippen LogP contribution in [-0.4, -0.2) is 0 Å². The van der Waals surface area contributed by atoms with Gasteiger partial charge in [0, 0.05) is 5.92 Å². The molecule has 2 aliphatic rings. The molecule has 0 N–H and O–H groups in total. The van der Waals surface area contributed by atoms with Crippen molar-refractivity contribution in [2.24, 2.45) is 0 Å². The van der Waals surface area contributed by atoms with Gasteiger partial charge in [-0.1, -0.05) is 60.7 Å². The molecule has 0 radical (unpaired) electrons. The predicted molar refractivity (Wildman–Crippen MR) is 83.3 cm³/mol. The van der Waals surface area contributed by atoms with E-state index in [0.29, 0.717) is 11.8 Å². The lowest BCUT2D eigenvalue weighted by atomic mass is 9.74. The summed E-state index contributed by atoms with van der Waals surface area (Å²) in [6.45, 7) is 0. The second-order valence-electron chi connectivity index (χ2n) is 6.11. The van der Waals surface area contributed by atoms with E-state index in [-0.39, 0.29) is 0 Å². The molecule has 96 valence electrons. The van der Waals surface area contributed by atoms with Crippen molar-refractivity contribution in [3.8, 4) is 0 Å². The largest absolute Gasteiger partial charge is 0.0620 e. The van der Waals surface area contributed by atoms with Gasteiger partial charge in [0.15, 0.2) is 0 Å². The van der Waals surface area contributed by atoms with Crippen LogP contribution in [0.2, 0.25) is 0 Å². The molecule has 0 bridgehead atoms. The van der Waals surface area contributed by atoms with Crippen molar-refractivity contribution in [1.29, 1.82) is 0 Å². The molecule has 0 aromatic heterocycles. The van der Waals surface area contributed by atoms with E-state index in [2.05, 4.69) is 60.7 Å². The van der Waals surface area contributed by atoms with E-state index >= 15 is 0 Å². The molecule has 0 spiro atoms. The number of aryl methyl sites for hydroxylation is 1. The molecule has 2 aliphatic carbocycles. The fraction of sp³-hybridized carbons (Fsp3) is 0.200. The maximum Gasteiger partial charge on any atom is 0.0167 e. The van der Waals surface area contributed by atoms with Gasteiger partial charge in [-0.2, -0.15) is 0 Å². The normalized spacial score (nSPS) is 22.6. The van der Waals surface area contributed by atoms with E-state index in [1.807, 2.05) is 0 Å². The standard InChI is InChI=1S/C20H16/c1-2-8-15-13(5-1)11-12-17-16-9-3-6-14-7-4-10-18(19(14)16)20(15)17/h1-10,17,20H,11-12H2/t17-,20-/m0/s1. The van der Waals surface area contributed by atoms with Gasteiger partial charge in [0.1, 0.15) is 0 Å². The zero-order chi connectivity index (χ0) is 13.1. The van der Waals surface area contributed by atoms with Crippen molar-refractivity contribution in [3.63, 3.8) is 0 Å². The number of hydrogen-bond acceptors (Lipinski definition) is 0. The van der Waals surface area contributed by atoms with Gasteiger partial charge >= 0.3 is 0 Å². The molecule has 3 aromatic carbocycles. The Labute approximate surface area is 119 Å². The molecular weight excluding hydrogens is 240 g/mol. The second-order valence-corrected chi connectivity index (χ2v) is 6.11. The number of rotatable bonds is 0. The van der Waals surface area contributed by atoms with Crippen molar-refractivity contribution < 1.29 is 0 Å². The summed E-state index contributed by atoms with van der Waals surface area (Å²) in [5.41, 5.74) is 6.25. The van der Waals surface area contributed by atoms with Gasteiger partial charge in [-0.3, -0.25) is 0 Å². The first-order chi connectivity index (χ1) is 9.93. The molecular formula is C20H16. The van der Waals surface area contributed by atoms with E-state index in [1.165, 1.54) is 23.6 Å². The van der Waals surface area contributed by atoms with E-state index in [0.717, 1.165) is 0 Å². The zero-order valence-corrected chi connectivity index (χ0v) is 11.3. The number of hydrogen-bond donors (Lipinski definition) is 0. The van der Waals surface area contributed by atoms with Crippen LogP contribution in [0.5, 0.6) is 0 Å². The molecule has 0 heteroatoms. The van der Waals surface area contributed by atoms with Gasteiger partial charge in [0.25, 0.3) is 0 Å². The molecule has 3 aromatic rings. The highest BCUT2D eigenvalue weighted by Crippen LogP contribution is 2.54. The summed E-state index contributed by atoms with van der Waals surface area (Å²) in [5.74, 6) is 1.27. The van der Waals surface area contributed by atoms with Gasteiger partial charge in [0.05, 0.1) is 0 Å². The van der Waals surface area contributed by atoms with Crippen LogP contribution in [0, 0.1) is 0 Å². The van der Waals surface area contributed by atoms with Crippen molar-refractivity contribution in [3.05, 3.63) is 82.9 Å². The molecule has 0 aliphatic heterocycles. The third kappa shape index (κ3) is 1.22. The summed E-state index contributed by atoms with van der Waals surface area (Å²) in [7, 11) is 0. The van der Waals surface area contributed by atoms with Crippen LogP contribution in [0.1, 0.15) is 40.5 Å². The molecule has 0 nitrogen and oxygen atoms in total. The van der Waals surface area contributed by atoms with Crippen LogP contribution in [0.4, 0.5) is 0 Å². The highest BCUT2D eigenvalue weighted by Gasteiger charge is 2.38. The monoisotopic (exact) mass is 256 g/mol. The van der Waals surface area contributed by atoms with Gasteiger partial charge in [-0.05, 0) is 51.8 Å². The molecule has 0 saturated carbocycles. The van der Waals surface area contributed by atoms with Crippen LogP contribution in [0.3, 0.4) is 0 Å². The Morgan fingerprint density at radius 1 is 0.700 bits per heavy atom. The Bertz CT molecular complexity index is 823. The lowest BCUT2D eigenvalue weighted by Crippen LogP contribution is -2.16. The topological polar surface area (TPSA) is 0 Å². The van der Waals surface area contributed by atoms with Crippen LogP contribution in [0.25, 0.3) is 10.8 Å². The first-order valence-corrected chi connectivity index (χ1v) is 7.53. The smallest absolute Gasteiger partial charge is 0.0167 e. The Morgan fingerprint density at radius 3 is 2.35 bits per heavy atom. The van der Waals surface area contributed by atoms with Crippen LogP contribution >= 0.6 is 0 Å². The van der Waals surface area contributed by atoms with E-state index in [9.17, 15) is 0 Å². The molecule has 0 amide bonds. The Kier molecular flexibility index (Phi) is 1.99. The minimum Gasteiger partial charge on any atom is -0.0620 e. The third-order valence-electron chi connectivity index (χ3n) is 5.22. The summed E-state index contributed by atoms with van der Waals surface area (Å²) < 4.78 is 0. The van der Waals surface area contributed by atoms with E-state index in [1.54, 1.807) is 22.3 Å². The Hall–Kier alpha value is -2.08. The van der Waals surface area contributed by atoms with Crippen LogP contribution in [-0.2, 0) is 6.42 Å².